The van der Waals surface area contributed by atoms with E-state index in [9.17, 15) is 13.2 Å². The molecule has 1 aromatic rings. The molecule has 1 rings (SSSR count). The summed E-state index contributed by atoms with van der Waals surface area (Å²) in [5.74, 6) is 0.0748. The van der Waals surface area contributed by atoms with E-state index in [0.29, 0.717) is 5.56 Å². The molecule has 0 spiro atoms. The molecule has 112 valence electrons. The molecule has 0 aromatic carbocycles. The molecule has 0 aliphatic rings. The van der Waals surface area contributed by atoms with Gasteiger partial charge in [-0.05, 0) is 32.4 Å². The molecule has 3 N–H and O–H groups in total. The molecule has 0 saturated carbocycles. The minimum atomic E-state index is -4.50. The molecule has 0 bridgehead atoms. The second-order valence-electron chi connectivity index (χ2n) is 5.21. The van der Waals surface area contributed by atoms with Gasteiger partial charge in [-0.25, -0.2) is 4.98 Å². The van der Waals surface area contributed by atoms with Crippen LogP contribution in [-0.4, -0.2) is 15.5 Å². The molecule has 0 aliphatic carbocycles. The van der Waals surface area contributed by atoms with Crippen LogP contribution in [-0.2, 0) is 6.18 Å². The van der Waals surface area contributed by atoms with Gasteiger partial charge < -0.3 is 11.1 Å². The SMILES string of the molecule is CCCC(C)(C)Nc1nc(C(F)(F)F)ccc1C(N)=S. The quantitative estimate of drug-likeness (QED) is 0.814. The van der Waals surface area contributed by atoms with Crippen molar-refractivity contribution >= 4 is 23.0 Å². The number of hydrogen-bond acceptors (Lipinski definition) is 3. The predicted octanol–water partition coefficient (Wildman–Crippen LogP) is 3.73. The van der Waals surface area contributed by atoms with Gasteiger partial charge in [0.2, 0.25) is 0 Å². The number of rotatable bonds is 5. The Morgan fingerprint density at radius 1 is 1.35 bits per heavy atom. The van der Waals surface area contributed by atoms with Crippen molar-refractivity contribution in [2.75, 3.05) is 5.32 Å². The summed E-state index contributed by atoms with van der Waals surface area (Å²) in [7, 11) is 0. The fourth-order valence-electron chi connectivity index (χ4n) is 1.92. The average Bonchev–Trinajstić information content (AvgIpc) is 2.26. The van der Waals surface area contributed by atoms with Crippen LogP contribution in [0.5, 0.6) is 0 Å². The van der Waals surface area contributed by atoms with Crippen LogP contribution in [0.3, 0.4) is 0 Å². The summed E-state index contributed by atoms with van der Waals surface area (Å²) >= 11 is 4.86. The molecule has 0 aliphatic heterocycles. The fraction of sp³-hybridized carbons (Fsp3) is 0.538. The zero-order valence-electron chi connectivity index (χ0n) is 11.6. The van der Waals surface area contributed by atoms with Gasteiger partial charge in [-0.15, -0.1) is 0 Å². The largest absolute Gasteiger partial charge is 0.433 e. The van der Waals surface area contributed by atoms with E-state index in [1.807, 2.05) is 20.8 Å². The average molecular weight is 305 g/mol. The van der Waals surface area contributed by atoms with Crippen LogP contribution < -0.4 is 11.1 Å². The zero-order valence-corrected chi connectivity index (χ0v) is 12.5. The van der Waals surface area contributed by atoms with E-state index in [1.165, 1.54) is 6.07 Å². The van der Waals surface area contributed by atoms with Crippen LogP contribution in [0.4, 0.5) is 19.0 Å². The summed E-state index contributed by atoms with van der Waals surface area (Å²) < 4.78 is 38.2. The summed E-state index contributed by atoms with van der Waals surface area (Å²) in [5.41, 5.74) is 4.49. The van der Waals surface area contributed by atoms with E-state index in [1.54, 1.807) is 0 Å². The van der Waals surface area contributed by atoms with Gasteiger partial charge in [0.25, 0.3) is 0 Å². The fourth-order valence-corrected chi connectivity index (χ4v) is 2.08. The van der Waals surface area contributed by atoms with Gasteiger partial charge in [0.1, 0.15) is 16.5 Å². The number of nitrogens with one attached hydrogen (secondary N) is 1. The normalized spacial score (nSPS) is 12.3. The lowest BCUT2D eigenvalue weighted by molar-refractivity contribution is -0.141. The number of pyridine rings is 1. The lowest BCUT2D eigenvalue weighted by Crippen LogP contribution is -2.32. The van der Waals surface area contributed by atoms with E-state index in [-0.39, 0.29) is 10.8 Å². The highest BCUT2D eigenvalue weighted by Gasteiger charge is 2.33. The molecule has 0 atom stereocenters. The maximum absolute atomic E-state index is 12.7. The van der Waals surface area contributed by atoms with Gasteiger partial charge in [0.15, 0.2) is 0 Å². The Hall–Kier alpha value is -1.37. The van der Waals surface area contributed by atoms with Crippen LogP contribution in [0, 0.1) is 0 Å². The number of hydrogen-bond donors (Lipinski definition) is 2. The summed E-state index contributed by atoms with van der Waals surface area (Å²) in [6.45, 7) is 5.78. The molecule has 0 fully saturated rings. The van der Waals surface area contributed by atoms with Crippen molar-refractivity contribution in [3.63, 3.8) is 0 Å². The van der Waals surface area contributed by atoms with Crippen molar-refractivity contribution < 1.29 is 13.2 Å². The summed E-state index contributed by atoms with van der Waals surface area (Å²) in [6, 6.07) is 2.13. The first kappa shape index (κ1) is 16.7. The van der Waals surface area contributed by atoms with E-state index < -0.39 is 17.4 Å². The zero-order chi connectivity index (χ0) is 15.6. The van der Waals surface area contributed by atoms with Gasteiger partial charge in [-0.3, -0.25) is 0 Å². The monoisotopic (exact) mass is 305 g/mol. The molecule has 0 amide bonds. The highest BCUT2D eigenvalue weighted by molar-refractivity contribution is 7.80. The third-order valence-electron chi connectivity index (χ3n) is 2.78. The minimum absolute atomic E-state index is 0.0148. The van der Waals surface area contributed by atoms with Crippen molar-refractivity contribution in [2.24, 2.45) is 5.73 Å². The second kappa shape index (κ2) is 5.95. The highest BCUT2D eigenvalue weighted by atomic mass is 32.1. The number of alkyl halides is 3. The first-order valence-electron chi connectivity index (χ1n) is 6.23. The maximum atomic E-state index is 12.7. The second-order valence-corrected chi connectivity index (χ2v) is 5.65. The molecule has 20 heavy (non-hydrogen) atoms. The van der Waals surface area contributed by atoms with Gasteiger partial charge >= 0.3 is 6.18 Å². The summed E-state index contributed by atoms with van der Waals surface area (Å²) in [6.07, 6.45) is -2.83. The number of aromatic nitrogens is 1. The number of thiocarbonyl (C=S) groups is 1. The summed E-state index contributed by atoms with van der Waals surface area (Å²) in [5, 5.41) is 3.00. The van der Waals surface area contributed by atoms with Gasteiger partial charge in [0, 0.05) is 5.54 Å². The molecule has 0 radical (unpaired) electrons. The Morgan fingerprint density at radius 2 is 1.95 bits per heavy atom. The topological polar surface area (TPSA) is 50.9 Å². The maximum Gasteiger partial charge on any atom is 0.433 e. The molecule has 1 aromatic heterocycles. The van der Waals surface area contributed by atoms with Crippen LogP contribution in [0.1, 0.15) is 44.9 Å². The van der Waals surface area contributed by atoms with Crippen molar-refractivity contribution in [1.82, 2.24) is 4.98 Å². The first-order valence-corrected chi connectivity index (χ1v) is 6.64. The molecule has 7 heteroatoms. The molecule has 3 nitrogen and oxygen atoms in total. The number of halogens is 3. The molecular weight excluding hydrogens is 287 g/mol. The van der Waals surface area contributed by atoms with Gasteiger partial charge in [-0.1, -0.05) is 25.6 Å². The highest BCUT2D eigenvalue weighted by Crippen LogP contribution is 2.30. The van der Waals surface area contributed by atoms with Crippen molar-refractivity contribution in [1.29, 1.82) is 0 Å². The first-order chi connectivity index (χ1) is 9.07. The smallest absolute Gasteiger partial charge is 0.389 e. The van der Waals surface area contributed by atoms with Crippen molar-refractivity contribution in [2.45, 2.75) is 45.3 Å². The van der Waals surface area contributed by atoms with E-state index in [2.05, 4.69) is 10.3 Å². The number of nitrogens with zero attached hydrogens (tertiary/aromatic N) is 1. The van der Waals surface area contributed by atoms with Gasteiger partial charge in [-0.2, -0.15) is 13.2 Å². The van der Waals surface area contributed by atoms with Crippen molar-refractivity contribution in [3.05, 3.63) is 23.4 Å². The third-order valence-corrected chi connectivity index (χ3v) is 3.00. The molecule has 0 saturated heterocycles. The lowest BCUT2D eigenvalue weighted by atomic mass is 9.98. The molecule has 0 unspecified atom stereocenters. The van der Waals surface area contributed by atoms with Crippen LogP contribution in [0.25, 0.3) is 0 Å². The van der Waals surface area contributed by atoms with Crippen LogP contribution in [0.15, 0.2) is 12.1 Å². The number of nitrogens with two attached hydrogens (primary N) is 1. The van der Waals surface area contributed by atoms with Crippen molar-refractivity contribution in [3.8, 4) is 0 Å². The minimum Gasteiger partial charge on any atom is -0.389 e. The number of anilines is 1. The van der Waals surface area contributed by atoms with Crippen LogP contribution >= 0.6 is 12.2 Å². The van der Waals surface area contributed by atoms with Gasteiger partial charge in [0.05, 0.1) is 5.56 Å². The Bertz CT molecular complexity index is 498. The third kappa shape index (κ3) is 4.33. The lowest BCUT2D eigenvalue weighted by Gasteiger charge is -2.28. The Kier molecular flexibility index (Phi) is 4.96. The van der Waals surface area contributed by atoms with E-state index in [0.717, 1.165) is 18.9 Å². The Balaban J connectivity index is 3.23. The predicted molar refractivity (Wildman–Crippen MR) is 77.7 cm³/mol. The Labute approximate surface area is 121 Å². The molecular formula is C13H18F3N3S. The van der Waals surface area contributed by atoms with E-state index in [4.69, 9.17) is 18.0 Å². The standard InChI is InChI=1S/C13H18F3N3S/c1-4-7-12(2,3)19-11-8(10(17)20)5-6-9(18-11)13(14,15)16/h5-6H,4,7H2,1-3H3,(H2,17,20)(H,18,19). The summed E-state index contributed by atoms with van der Waals surface area (Å²) in [4.78, 5) is 3.64. The van der Waals surface area contributed by atoms with Crippen LogP contribution in [0.2, 0.25) is 0 Å². The Morgan fingerprint density at radius 3 is 2.40 bits per heavy atom. The molecule has 1 heterocycles. The van der Waals surface area contributed by atoms with E-state index >= 15 is 0 Å².